The van der Waals surface area contributed by atoms with E-state index in [0.29, 0.717) is 6.54 Å². The standard InChI is InChI=1S/C9H8ClNS/c10-9-3-1-2-8(6-9)4-5-11-7-12/h1-3,6H,4-5H2. The van der Waals surface area contributed by atoms with Crippen molar-refractivity contribution in [2.24, 2.45) is 4.99 Å². The fourth-order valence-corrected chi connectivity index (χ4v) is 1.23. The van der Waals surface area contributed by atoms with Crippen molar-refractivity contribution in [3.63, 3.8) is 0 Å². The second-order valence-electron chi connectivity index (χ2n) is 2.35. The van der Waals surface area contributed by atoms with E-state index >= 15 is 0 Å². The van der Waals surface area contributed by atoms with Gasteiger partial charge in [-0.15, -0.1) is 0 Å². The minimum absolute atomic E-state index is 0.684. The molecule has 0 radical (unpaired) electrons. The predicted molar refractivity (Wildman–Crippen MR) is 55.0 cm³/mol. The molecule has 12 heavy (non-hydrogen) atoms. The van der Waals surface area contributed by atoms with Crippen LogP contribution in [0.2, 0.25) is 5.02 Å². The third-order valence-corrected chi connectivity index (χ3v) is 1.83. The molecule has 0 aromatic heterocycles. The van der Waals surface area contributed by atoms with Gasteiger partial charge >= 0.3 is 0 Å². The van der Waals surface area contributed by atoms with E-state index in [4.69, 9.17) is 11.6 Å². The average molecular weight is 198 g/mol. The maximum absolute atomic E-state index is 5.79. The van der Waals surface area contributed by atoms with E-state index < -0.39 is 0 Å². The lowest BCUT2D eigenvalue weighted by Crippen LogP contribution is -1.87. The second kappa shape index (κ2) is 5.04. The number of halogens is 1. The van der Waals surface area contributed by atoms with E-state index in [9.17, 15) is 0 Å². The molecule has 0 N–H and O–H groups in total. The normalized spacial score (nSPS) is 9.08. The molecule has 1 aromatic carbocycles. The van der Waals surface area contributed by atoms with Crippen molar-refractivity contribution in [3.05, 3.63) is 34.9 Å². The van der Waals surface area contributed by atoms with Gasteiger partial charge in [-0.3, -0.25) is 0 Å². The average Bonchev–Trinajstić information content (AvgIpc) is 2.05. The highest BCUT2D eigenvalue weighted by Gasteiger charge is 1.92. The first-order chi connectivity index (χ1) is 5.83. The Morgan fingerprint density at radius 1 is 1.50 bits per heavy atom. The van der Waals surface area contributed by atoms with Crippen molar-refractivity contribution in [1.29, 1.82) is 0 Å². The quantitative estimate of drug-likeness (QED) is 0.536. The highest BCUT2D eigenvalue weighted by atomic mass is 35.5. The van der Waals surface area contributed by atoms with Gasteiger partial charge in [0.2, 0.25) is 0 Å². The molecule has 62 valence electrons. The van der Waals surface area contributed by atoms with Crippen LogP contribution < -0.4 is 0 Å². The van der Waals surface area contributed by atoms with Gasteiger partial charge in [-0.2, -0.15) is 0 Å². The van der Waals surface area contributed by atoms with Gasteiger partial charge < -0.3 is 0 Å². The van der Waals surface area contributed by atoms with Crippen LogP contribution in [0.3, 0.4) is 0 Å². The fraction of sp³-hybridized carbons (Fsp3) is 0.222. The summed E-state index contributed by atoms with van der Waals surface area (Å²) in [6, 6.07) is 7.73. The Hall–Kier alpha value is -0.690. The summed E-state index contributed by atoms with van der Waals surface area (Å²) in [6.45, 7) is 0.684. The summed E-state index contributed by atoms with van der Waals surface area (Å²) in [7, 11) is 0. The number of aliphatic imine (C=N–C) groups is 1. The minimum atomic E-state index is 0.684. The van der Waals surface area contributed by atoms with Gasteiger partial charge in [-0.1, -0.05) is 23.7 Å². The molecule has 0 saturated heterocycles. The van der Waals surface area contributed by atoms with Gasteiger partial charge in [-0.25, -0.2) is 4.99 Å². The maximum Gasteiger partial charge on any atom is 0.0585 e. The Kier molecular flexibility index (Phi) is 3.95. The number of nitrogens with zero attached hydrogens (tertiary/aromatic N) is 1. The zero-order valence-corrected chi connectivity index (χ0v) is 8.03. The third-order valence-electron chi connectivity index (χ3n) is 1.47. The molecule has 1 rings (SSSR count). The van der Waals surface area contributed by atoms with Crippen LogP contribution in [0.1, 0.15) is 5.56 Å². The van der Waals surface area contributed by atoms with Gasteiger partial charge in [-0.05, 0) is 36.3 Å². The Bertz CT molecular complexity index is 305. The van der Waals surface area contributed by atoms with Gasteiger partial charge in [0.25, 0.3) is 0 Å². The Morgan fingerprint density at radius 2 is 2.33 bits per heavy atom. The topological polar surface area (TPSA) is 12.4 Å². The molecule has 0 aliphatic rings. The van der Waals surface area contributed by atoms with Crippen molar-refractivity contribution < 1.29 is 0 Å². The summed E-state index contributed by atoms with van der Waals surface area (Å²) in [5.74, 6) is 0. The zero-order chi connectivity index (χ0) is 8.81. The number of hydrogen-bond acceptors (Lipinski definition) is 2. The number of benzene rings is 1. The lowest BCUT2D eigenvalue weighted by atomic mass is 10.1. The van der Waals surface area contributed by atoms with E-state index in [2.05, 4.69) is 22.4 Å². The number of rotatable bonds is 3. The first kappa shape index (κ1) is 9.40. The smallest absolute Gasteiger partial charge is 0.0585 e. The summed E-state index contributed by atoms with van der Waals surface area (Å²) < 4.78 is 0. The zero-order valence-electron chi connectivity index (χ0n) is 6.46. The second-order valence-corrected chi connectivity index (χ2v) is 2.97. The maximum atomic E-state index is 5.79. The SMILES string of the molecule is S=C=NCCc1cccc(Cl)c1. The van der Waals surface area contributed by atoms with Crippen LogP contribution in [0.5, 0.6) is 0 Å². The first-order valence-electron chi connectivity index (χ1n) is 3.61. The number of isothiocyanates is 1. The van der Waals surface area contributed by atoms with E-state index in [1.165, 1.54) is 5.56 Å². The highest BCUT2D eigenvalue weighted by molar-refractivity contribution is 7.78. The lowest BCUT2D eigenvalue weighted by Gasteiger charge is -1.96. The minimum Gasteiger partial charge on any atom is -0.232 e. The Labute approximate surface area is 82.1 Å². The summed E-state index contributed by atoms with van der Waals surface area (Å²) in [5.41, 5.74) is 1.18. The Morgan fingerprint density at radius 3 is 3.00 bits per heavy atom. The van der Waals surface area contributed by atoms with Crippen LogP contribution in [0.15, 0.2) is 29.3 Å². The van der Waals surface area contributed by atoms with Crippen LogP contribution in [-0.2, 0) is 6.42 Å². The highest BCUT2D eigenvalue weighted by Crippen LogP contribution is 2.10. The first-order valence-corrected chi connectivity index (χ1v) is 4.39. The van der Waals surface area contributed by atoms with Gasteiger partial charge in [0.1, 0.15) is 0 Å². The van der Waals surface area contributed by atoms with Crippen LogP contribution in [0, 0.1) is 0 Å². The van der Waals surface area contributed by atoms with Crippen LogP contribution >= 0.6 is 23.8 Å². The number of hydrogen-bond donors (Lipinski definition) is 0. The van der Waals surface area contributed by atoms with Crippen LogP contribution in [0.25, 0.3) is 0 Å². The van der Waals surface area contributed by atoms with Crippen LogP contribution in [-0.4, -0.2) is 11.7 Å². The monoisotopic (exact) mass is 197 g/mol. The van der Waals surface area contributed by atoms with Gasteiger partial charge in [0.05, 0.1) is 11.7 Å². The molecule has 0 atom stereocenters. The van der Waals surface area contributed by atoms with E-state index in [1.54, 1.807) is 0 Å². The molecular weight excluding hydrogens is 190 g/mol. The fourth-order valence-electron chi connectivity index (χ4n) is 0.923. The summed E-state index contributed by atoms with van der Waals surface area (Å²) >= 11 is 10.2. The predicted octanol–water partition coefficient (Wildman–Crippen LogP) is 2.99. The lowest BCUT2D eigenvalue weighted by molar-refractivity contribution is 0.977. The molecule has 1 aromatic rings. The molecule has 0 aliphatic heterocycles. The van der Waals surface area contributed by atoms with Crippen molar-refractivity contribution in [1.82, 2.24) is 0 Å². The molecule has 1 nitrogen and oxygen atoms in total. The van der Waals surface area contributed by atoms with E-state index in [-0.39, 0.29) is 0 Å². The molecule has 0 aliphatic carbocycles. The third kappa shape index (κ3) is 3.14. The van der Waals surface area contributed by atoms with E-state index in [1.807, 2.05) is 24.3 Å². The summed E-state index contributed by atoms with van der Waals surface area (Å²) in [4.78, 5) is 3.82. The number of thiocarbonyl (C=S) groups is 1. The van der Waals surface area contributed by atoms with Crippen molar-refractivity contribution in [2.45, 2.75) is 6.42 Å². The Balaban J connectivity index is 2.57. The largest absolute Gasteiger partial charge is 0.232 e. The molecule has 0 unspecified atom stereocenters. The molecular formula is C9H8ClNS. The summed E-state index contributed by atoms with van der Waals surface area (Å²) in [6.07, 6.45) is 0.865. The van der Waals surface area contributed by atoms with Crippen molar-refractivity contribution in [3.8, 4) is 0 Å². The molecule has 0 fully saturated rings. The molecule has 0 saturated carbocycles. The molecule has 0 bridgehead atoms. The van der Waals surface area contributed by atoms with Crippen molar-refractivity contribution >= 4 is 29.0 Å². The van der Waals surface area contributed by atoms with Gasteiger partial charge in [0.15, 0.2) is 0 Å². The van der Waals surface area contributed by atoms with Crippen LogP contribution in [0.4, 0.5) is 0 Å². The summed E-state index contributed by atoms with van der Waals surface area (Å²) in [5, 5.41) is 3.09. The van der Waals surface area contributed by atoms with Gasteiger partial charge in [0, 0.05) is 5.02 Å². The molecule has 0 heterocycles. The molecule has 0 spiro atoms. The van der Waals surface area contributed by atoms with E-state index in [0.717, 1.165) is 11.4 Å². The molecule has 3 heteroatoms. The molecule has 0 amide bonds. The van der Waals surface area contributed by atoms with Crippen molar-refractivity contribution in [2.75, 3.05) is 6.54 Å².